The normalized spacial score (nSPS) is 16.4. The fourth-order valence-corrected chi connectivity index (χ4v) is 2.76. The predicted octanol–water partition coefficient (Wildman–Crippen LogP) is 2.11. The third-order valence-electron chi connectivity index (χ3n) is 3.75. The Morgan fingerprint density at radius 2 is 2.00 bits per heavy atom. The summed E-state index contributed by atoms with van der Waals surface area (Å²) in [5.74, 6) is -1.43. The monoisotopic (exact) mass is 292 g/mol. The highest BCUT2D eigenvalue weighted by Crippen LogP contribution is 2.33. The molecular formula is C14H16N2O5. The van der Waals surface area contributed by atoms with E-state index in [0.29, 0.717) is 12.8 Å². The van der Waals surface area contributed by atoms with E-state index in [1.807, 2.05) is 0 Å². The Hall–Kier alpha value is -2.44. The van der Waals surface area contributed by atoms with Crippen molar-refractivity contribution in [1.82, 2.24) is 5.32 Å². The second kappa shape index (κ2) is 5.90. The largest absolute Gasteiger partial charge is 0.481 e. The van der Waals surface area contributed by atoms with Crippen molar-refractivity contribution >= 4 is 17.6 Å². The van der Waals surface area contributed by atoms with Gasteiger partial charge < -0.3 is 10.4 Å². The number of amides is 1. The molecule has 21 heavy (non-hydrogen) atoms. The van der Waals surface area contributed by atoms with E-state index in [-0.39, 0.29) is 17.7 Å². The molecular weight excluding hydrogens is 276 g/mol. The van der Waals surface area contributed by atoms with Crippen LogP contribution in [0.25, 0.3) is 0 Å². The number of non-ortho nitro benzene ring substituents is 1. The molecule has 1 aromatic rings. The van der Waals surface area contributed by atoms with E-state index in [0.717, 1.165) is 12.8 Å². The summed E-state index contributed by atoms with van der Waals surface area (Å²) >= 11 is 0. The standard InChI is InChI=1S/C14H16N2O5/c17-12(18)9-14(6-1-2-7-14)15-13(19)10-4-3-5-11(8-10)16(20)21/h3-5,8H,1-2,6-7,9H2,(H,15,19)(H,17,18). The van der Waals surface area contributed by atoms with Gasteiger partial charge in [0, 0.05) is 17.7 Å². The van der Waals surface area contributed by atoms with Crippen LogP contribution in [0.3, 0.4) is 0 Å². The molecule has 1 aliphatic carbocycles. The van der Waals surface area contributed by atoms with E-state index in [4.69, 9.17) is 5.11 Å². The first-order chi connectivity index (χ1) is 9.92. The molecule has 2 rings (SSSR count). The minimum Gasteiger partial charge on any atom is -0.481 e. The molecule has 1 aliphatic rings. The van der Waals surface area contributed by atoms with E-state index >= 15 is 0 Å². The lowest BCUT2D eigenvalue weighted by Gasteiger charge is -2.28. The Morgan fingerprint density at radius 1 is 1.33 bits per heavy atom. The number of carbonyl (C=O) groups excluding carboxylic acids is 1. The van der Waals surface area contributed by atoms with Crippen LogP contribution >= 0.6 is 0 Å². The molecule has 7 nitrogen and oxygen atoms in total. The van der Waals surface area contributed by atoms with Crippen LogP contribution in [0, 0.1) is 10.1 Å². The lowest BCUT2D eigenvalue weighted by Crippen LogP contribution is -2.47. The zero-order valence-electron chi connectivity index (χ0n) is 11.4. The first kappa shape index (κ1) is 15.0. The van der Waals surface area contributed by atoms with Crippen LogP contribution in [0.1, 0.15) is 42.5 Å². The summed E-state index contributed by atoms with van der Waals surface area (Å²) in [6.07, 6.45) is 2.82. The fourth-order valence-electron chi connectivity index (χ4n) is 2.76. The topological polar surface area (TPSA) is 110 Å². The van der Waals surface area contributed by atoms with Gasteiger partial charge in [0.25, 0.3) is 11.6 Å². The van der Waals surface area contributed by atoms with E-state index < -0.39 is 22.3 Å². The summed E-state index contributed by atoms with van der Waals surface area (Å²) in [4.78, 5) is 33.4. The molecule has 0 aromatic heterocycles. The number of carboxylic acid groups (broad SMARTS) is 1. The molecule has 0 radical (unpaired) electrons. The van der Waals surface area contributed by atoms with E-state index in [1.165, 1.54) is 24.3 Å². The van der Waals surface area contributed by atoms with Gasteiger partial charge in [0.05, 0.1) is 16.9 Å². The number of hydrogen-bond donors (Lipinski definition) is 2. The molecule has 0 unspecified atom stereocenters. The first-order valence-corrected chi connectivity index (χ1v) is 6.71. The van der Waals surface area contributed by atoms with Crippen molar-refractivity contribution in [2.45, 2.75) is 37.6 Å². The zero-order chi connectivity index (χ0) is 15.5. The smallest absolute Gasteiger partial charge is 0.305 e. The molecule has 0 heterocycles. The van der Waals surface area contributed by atoms with Gasteiger partial charge in [-0.2, -0.15) is 0 Å². The van der Waals surface area contributed by atoms with Crippen LogP contribution in [-0.2, 0) is 4.79 Å². The Balaban J connectivity index is 2.17. The first-order valence-electron chi connectivity index (χ1n) is 6.71. The maximum Gasteiger partial charge on any atom is 0.305 e. The number of aliphatic carboxylic acids is 1. The molecule has 1 fully saturated rings. The Bertz CT molecular complexity index is 578. The highest BCUT2D eigenvalue weighted by Gasteiger charge is 2.37. The van der Waals surface area contributed by atoms with E-state index in [9.17, 15) is 19.7 Å². The van der Waals surface area contributed by atoms with Crippen molar-refractivity contribution in [3.05, 3.63) is 39.9 Å². The van der Waals surface area contributed by atoms with Crippen LogP contribution in [-0.4, -0.2) is 27.4 Å². The number of hydrogen-bond acceptors (Lipinski definition) is 4. The van der Waals surface area contributed by atoms with Gasteiger partial charge >= 0.3 is 5.97 Å². The average Bonchev–Trinajstić information content (AvgIpc) is 2.86. The lowest BCUT2D eigenvalue weighted by atomic mass is 9.92. The fraction of sp³-hybridized carbons (Fsp3) is 0.429. The van der Waals surface area contributed by atoms with Gasteiger partial charge in [0.15, 0.2) is 0 Å². The summed E-state index contributed by atoms with van der Waals surface area (Å²) in [6, 6.07) is 5.41. The molecule has 2 N–H and O–H groups in total. The van der Waals surface area contributed by atoms with Crippen molar-refractivity contribution in [2.75, 3.05) is 0 Å². The number of nitro benzene ring substituents is 1. The van der Waals surface area contributed by atoms with Crippen molar-refractivity contribution in [3.8, 4) is 0 Å². The van der Waals surface area contributed by atoms with Crippen LogP contribution in [0.15, 0.2) is 24.3 Å². The van der Waals surface area contributed by atoms with Gasteiger partial charge in [-0.05, 0) is 18.9 Å². The summed E-state index contributed by atoms with van der Waals surface area (Å²) in [7, 11) is 0. The number of nitrogens with one attached hydrogen (secondary N) is 1. The summed E-state index contributed by atoms with van der Waals surface area (Å²) in [5, 5.41) is 22.5. The molecule has 0 aliphatic heterocycles. The molecule has 0 atom stereocenters. The number of rotatable bonds is 5. The second-order valence-corrected chi connectivity index (χ2v) is 5.32. The molecule has 1 aromatic carbocycles. The van der Waals surface area contributed by atoms with Crippen LogP contribution < -0.4 is 5.32 Å². The molecule has 112 valence electrons. The Labute approximate surface area is 121 Å². The quantitative estimate of drug-likeness (QED) is 0.638. The van der Waals surface area contributed by atoms with E-state index in [1.54, 1.807) is 0 Å². The Kier molecular flexibility index (Phi) is 4.21. The highest BCUT2D eigenvalue weighted by molar-refractivity contribution is 5.95. The molecule has 7 heteroatoms. The van der Waals surface area contributed by atoms with Gasteiger partial charge in [-0.3, -0.25) is 19.7 Å². The second-order valence-electron chi connectivity index (χ2n) is 5.32. The number of carboxylic acids is 1. The third kappa shape index (κ3) is 3.56. The van der Waals surface area contributed by atoms with E-state index in [2.05, 4.69) is 5.32 Å². The van der Waals surface area contributed by atoms with Crippen molar-refractivity contribution in [2.24, 2.45) is 0 Å². The minimum absolute atomic E-state index is 0.131. The number of benzene rings is 1. The molecule has 0 bridgehead atoms. The summed E-state index contributed by atoms with van der Waals surface area (Å²) < 4.78 is 0. The van der Waals surface area contributed by atoms with Crippen molar-refractivity contribution < 1.29 is 19.6 Å². The maximum atomic E-state index is 12.2. The Morgan fingerprint density at radius 3 is 2.57 bits per heavy atom. The predicted molar refractivity (Wildman–Crippen MR) is 74.0 cm³/mol. The van der Waals surface area contributed by atoms with Crippen LogP contribution in [0.2, 0.25) is 0 Å². The molecule has 0 spiro atoms. The van der Waals surface area contributed by atoms with Crippen molar-refractivity contribution in [3.63, 3.8) is 0 Å². The number of nitrogens with zero attached hydrogens (tertiary/aromatic N) is 1. The molecule has 0 saturated heterocycles. The summed E-state index contributed by atoms with van der Waals surface area (Å²) in [6.45, 7) is 0. The summed E-state index contributed by atoms with van der Waals surface area (Å²) in [5.41, 5.74) is -0.740. The molecule has 1 saturated carbocycles. The van der Waals surface area contributed by atoms with Gasteiger partial charge in [-0.1, -0.05) is 18.9 Å². The maximum absolute atomic E-state index is 12.2. The van der Waals surface area contributed by atoms with Gasteiger partial charge in [-0.15, -0.1) is 0 Å². The minimum atomic E-state index is -0.962. The SMILES string of the molecule is O=C(O)CC1(NC(=O)c2cccc([N+](=O)[O-])c2)CCCC1. The third-order valence-corrected chi connectivity index (χ3v) is 3.75. The van der Waals surface area contributed by atoms with Gasteiger partial charge in [0.2, 0.25) is 0 Å². The number of nitro groups is 1. The van der Waals surface area contributed by atoms with Crippen LogP contribution in [0.5, 0.6) is 0 Å². The van der Waals surface area contributed by atoms with Crippen LogP contribution in [0.4, 0.5) is 5.69 Å². The molecule has 1 amide bonds. The van der Waals surface area contributed by atoms with Crippen molar-refractivity contribution in [1.29, 1.82) is 0 Å². The van der Waals surface area contributed by atoms with Gasteiger partial charge in [0.1, 0.15) is 0 Å². The number of carbonyl (C=O) groups is 2. The highest BCUT2D eigenvalue weighted by atomic mass is 16.6. The average molecular weight is 292 g/mol. The lowest BCUT2D eigenvalue weighted by molar-refractivity contribution is -0.384. The van der Waals surface area contributed by atoms with Gasteiger partial charge in [-0.25, -0.2) is 0 Å². The zero-order valence-corrected chi connectivity index (χ0v) is 11.4.